The maximum absolute atomic E-state index is 13.0. The van der Waals surface area contributed by atoms with Crippen molar-refractivity contribution in [1.29, 1.82) is 0 Å². The molecule has 0 aliphatic carbocycles. The van der Waals surface area contributed by atoms with Gasteiger partial charge in [-0.3, -0.25) is 4.90 Å². The van der Waals surface area contributed by atoms with E-state index in [9.17, 15) is 17.6 Å². The predicted molar refractivity (Wildman–Crippen MR) is 101 cm³/mol. The lowest BCUT2D eigenvalue weighted by Gasteiger charge is -2.34. The molecule has 0 radical (unpaired) electrons. The Morgan fingerprint density at radius 2 is 1.70 bits per heavy atom. The molecule has 3 rings (SSSR count). The molecule has 3 nitrogen and oxygen atoms in total. The van der Waals surface area contributed by atoms with E-state index in [0.717, 1.165) is 36.6 Å². The van der Waals surface area contributed by atoms with Gasteiger partial charge in [0.2, 0.25) is 0 Å². The molecule has 1 saturated heterocycles. The molecule has 150 valence electrons. The van der Waals surface area contributed by atoms with Gasteiger partial charge in [-0.2, -0.15) is 17.6 Å². The monoisotopic (exact) mass is 444 g/mol. The molecule has 0 spiro atoms. The molecule has 1 aromatic carbocycles. The second kappa shape index (κ2) is 9.43. The Bertz CT molecular complexity index is 724. The highest BCUT2D eigenvalue weighted by atomic mass is 35.5. The van der Waals surface area contributed by atoms with Crippen LogP contribution < -0.4 is 10.1 Å². The van der Waals surface area contributed by atoms with Crippen LogP contribution in [0.1, 0.15) is 16.5 Å². The summed E-state index contributed by atoms with van der Waals surface area (Å²) in [5.41, 5.74) is 0.859. The van der Waals surface area contributed by atoms with Crippen LogP contribution in [-0.4, -0.2) is 43.6 Å². The SMILES string of the molecule is Cl.FC(F)C(F)(F)Oc1ccc([C@H](c2ccc(Cl)s2)N2CCNCC2)cc1. The van der Waals surface area contributed by atoms with Crippen molar-refractivity contribution in [3.05, 3.63) is 51.2 Å². The van der Waals surface area contributed by atoms with Crippen molar-refractivity contribution in [2.45, 2.75) is 18.6 Å². The maximum atomic E-state index is 13.0. The zero-order valence-corrected chi connectivity index (χ0v) is 16.4. The molecule has 27 heavy (non-hydrogen) atoms. The van der Waals surface area contributed by atoms with E-state index < -0.39 is 12.5 Å². The molecule has 0 saturated carbocycles. The summed E-state index contributed by atoms with van der Waals surface area (Å²) in [6.45, 7) is 3.33. The van der Waals surface area contributed by atoms with Crippen LogP contribution in [-0.2, 0) is 0 Å². The minimum atomic E-state index is -4.51. The molecular weight excluding hydrogens is 427 g/mol. The quantitative estimate of drug-likeness (QED) is 0.630. The van der Waals surface area contributed by atoms with Crippen LogP contribution in [0, 0.1) is 0 Å². The van der Waals surface area contributed by atoms with Crippen LogP contribution in [0.2, 0.25) is 4.34 Å². The molecule has 1 aliphatic heterocycles. The lowest BCUT2D eigenvalue weighted by Crippen LogP contribution is -2.45. The number of nitrogens with one attached hydrogen (secondary N) is 1. The van der Waals surface area contributed by atoms with E-state index in [1.165, 1.54) is 23.5 Å². The van der Waals surface area contributed by atoms with Crippen molar-refractivity contribution in [3.63, 3.8) is 0 Å². The molecule has 1 aromatic heterocycles. The Morgan fingerprint density at radius 1 is 1.07 bits per heavy atom. The average Bonchev–Trinajstić information content (AvgIpc) is 3.03. The van der Waals surface area contributed by atoms with Crippen molar-refractivity contribution in [2.75, 3.05) is 26.2 Å². The van der Waals surface area contributed by atoms with Gasteiger partial charge in [-0.15, -0.1) is 23.7 Å². The van der Waals surface area contributed by atoms with Gasteiger partial charge in [-0.05, 0) is 29.8 Å². The van der Waals surface area contributed by atoms with Gasteiger partial charge >= 0.3 is 12.5 Å². The number of halogens is 6. The van der Waals surface area contributed by atoms with Gasteiger partial charge in [-0.1, -0.05) is 23.7 Å². The summed E-state index contributed by atoms with van der Waals surface area (Å²) >= 11 is 7.53. The first-order valence-corrected chi connectivity index (χ1v) is 9.21. The van der Waals surface area contributed by atoms with Gasteiger partial charge in [0, 0.05) is 31.1 Å². The van der Waals surface area contributed by atoms with E-state index in [2.05, 4.69) is 15.0 Å². The van der Waals surface area contributed by atoms with E-state index in [-0.39, 0.29) is 24.2 Å². The fourth-order valence-electron chi connectivity index (χ4n) is 2.89. The van der Waals surface area contributed by atoms with Crippen molar-refractivity contribution in [1.82, 2.24) is 10.2 Å². The molecule has 1 fully saturated rings. The van der Waals surface area contributed by atoms with Gasteiger partial charge in [0.25, 0.3) is 0 Å². The highest BCUT2D eigenvalue weighted by Gasteiger charge is 2.44. The Kier molecular flexibility index (Phi) is 7.76. The summed E-state index contributed by atoms with van der Waals surface area (Å²) in [4.78, 5) is 3.30. The Morgan fingerprint density at radius 3 is 2.22 bits per heavy atom. The Balaban J connectivity index is 0.00000261. The standard InChI is InChI=1S/C17H17ClF4N2OS.ClH/c18-14-6-5-13(26-14)15(24-9-7-23-8-10-24)11-1-3-12(4-2-11)25-17(21,22)16(19)20;/h1-6,15-16,23H,7-10H2;1H/t15-;/m1./s1. The molecule has 0 amide bonds. The number of hydrogen-bond acceptors (Lipinski definition) is 4. The van der Waals surface area contributed by atoms with Crippen LogP contribution in [0.15, 0.2) is 36.4 Å². The summed E-state index contributed by atoms with van der Waals surface area (Å²) in [5.74, 6) is -0.303. The number of thiophene rings is 1. The first kappa shape index (κ1) is 22.2. The zero-order chi connectivity index (χ0) is 18.7. The second-order valence-corrected chi connectivity index (χ2v) is 7.61. The minimum Gasteiger partial charge on any atom is -0.428 e. The van der Waals surface area contributed by atoms with Gasteiger partial charge in [0.1, 0.15) is 5.75 Å². The predicted octanol–water partition coefficient (Wildman–Crippen LogP) is 5.05. The number of alkyl halides is 4. The molecule has 0 bridgehead atoms. The lowest BCUT2D eigenvalue weighted by atomic mass is 10.0. The maximum Gasteiger partial charge on any atom is 0.461 e. The molecular formula is C17H18Cl2F4N2OS. The van der Waals surface area contributed by atoms with Crippen molar-refractivity contribution >= 4 is 35.3 Å². The summed E-state index contributed by atoms with van der Waals surface area (Å²) in [7, 11) is 0. The topological polar surface area (TPSA) is 24.5 Å². The second-order valence-electron chi connectivity index (χ2n) is 5.86. The number of ether oxygens (including phenoxy) is 1. The number of hydrogen-bond donors (Lipinski definition) is 1. The third kappa shape index (κ3) is 5.48. The van der Waals surface area contributed by atoms with E-state index in [1.54, 1.807) is 12.1 Å². The van der Waals surface area contributed by atoms with Crippen LogP contribution in [0.4, 0.5) is 17.6 Å². The van der Waals surface area contributed by atoms with Gasteiger partial charge in [0.15, 0.2) is 0 Å². The highest BCUT2D eigenvalue weighted by Crippen LogP contribution is 2.36. The van der Waals surface area contributed by atoms with Gasteiger partial charge < -0.3 is 10.1 Å². The van der Waals surface area contributed by atoms with Crippen molar-refractivity contribution in [3.8, 4) is 5.75 Å². The zero-order valence-electron chi connectivity index (χ0n) is 14.0. The molecule has 2 aromatic rings. The highest BCUT2D eigenvalue weighted by molar-refractivity contribution is 7.16. The van der Waals surface area contributed by atoms with Crippen molar-refractivity contribution < 1.29 is 22.3 Å². The molecule has 2 heterocycles. The van der Waals surface area contributed by atoms with Gasteiger partial charge in [0.05, 0.1) is 10.4 Å². The van der Waals surface area contributed by atoms with E-state index in [0.29, 0.717) is 4.34 Å². The number of nitrogens with zero attached hydrogens (tertiary/aromatic N) is 1. The molecule has 0 unspecified atom stereocenters. The fraction of sp³-hybridized carbons (Fsp3) is 0.412. The third-order valence-electron chi connectivity index (χ3n) is 4.08. The normalized spacial score (nSPS) is 16.8. The lowest BCUT2D eigenvalue weighted by molar-refractivity contribution is -0.253. The summed E-state index contributed by atoms with van der Waals surface area (Å²) in [6, 6.07) is 9.49. The summed E-state index contributed by atoms with van der Waals surface area (Å²) in [6.07, 6.45) is -8.40. The number of benzene rings is 1. The Hall–Kier alpha value is -1.06. The fourth-order valence-corrected chi connectivity index (χ4v) is 4.11. The Labute approximate surface area is 169 Å². The third-order valence-corrected chi connectivity index (χ3v) is 5.37. The van der Waals surface area contributed by atoms with E-state index in [1.807, 2.05) is 12.1 Å². The van der Waals surface area contributed by atoms with Crippen LogP contribution in [0.25, 0.3) is 0 Å². The molecule has 1 aliphatic rings. The van der Waals surface area contributed by atoms with Crippen LogP contribution >= 0.6 is 35.3 Å². The van der Waals surface area contributed by atoms with Gasteiger partial charge in [-0.25, -0.2) is 0 Å². The summed E-state index contributed by atoms with van der Waals surface area (Å²) in [5, 5.41) is 3.28. The minimum absolute atomic E-state index is 0. The van der Waals surface area contributed by atoms with Crippen LogP contribution in [0.3, 0.4) is 0 Å². The first-order valence-electron chi connectivity index (χ1n) is 8.02. The van der Waals surface area contributed by atoms with Crippen molar-refractivity contribution in [2.24, 2.45) is 0 Å². The van der Waals surface area contributed by atoms with E-state index >= 15 is 0 Å². The smallest absolute Gasteiger partial charge is 0.428 e. The largest absolute Gasteiger partial charge is 0.461 e. The molecule has 1 N–H and O–H groups in total. The molecule has 10 heteroatoms. The number of piperazine rings is 1. The average molecular weight is 445 g/mol. The molecule has 1 atom stereocenters. The first-order chi connectivity index (χ1) is 12.4. The van der Waals surface area contributed by atoms with Crippen LogP contribution in [0.5, 0.6) is 5.75 Å². The van der Waals surface area contributed by atoms with E-state index in [4.69, 9.17) is 11.6 Å². The summed E-state index contributed by atoms with van der Waals surface area (Å²) < 4.78 is 55.4. The number of rotatable bonds is 6.